The van der Waals surface area contributed by atoms with Crippen LogP contribution in [0.1, 0.15) is 48.6 Å². The van der Waals surface area contributed by atoms with Crippen LogP contribution in [-0.2, 0) is 16.0 Å². The Labute approximate surface area is 167 Å². The Kier molecular flexibility index (Phi) is 5.42. The van der Waals surface area contributed by atoms with E-state index < -0.39 is 23.8 Å². The van der Waals surface area contributed by atoms with Crippen LogP contribution >= 0.6 is 11.6 Å². The quantitative estimate of drug-likeness (QED) is 0.778. The fraction of sp³-hybridized carbons (Fsp3) is 0.368. The molecule has 2 aromatic rings. The molecule has 2 heterocycles. The summed E-state index contributed by atoms with van der Waals surface area (Å²) in [6.07, 6.45) is -1.05. The predicted octanol–water partition coefficient (Wildman–Crippen LogP) is 3.78. The van der Waals surface area contributed by atoms with E-state index in [9.17, 15) is 9.59 Å². The maximum absolute atomic E-state index is 12.8. The molecule has 0 saturated carbocycles. The minimum atomic E-state index is -0.665. The van der Waals surface area contributed by atoms with Crippen LogP contribution in [0.25, 0.3) is 0 Å². The average Bonchev–Trinajstić information content (AvgIpc) is 2.99. The van der Waals surface area contributed by atoms with Gasteiger partial charge in [-0.3, -0.25) is 4.90 Å². The van der Waals surface area contributed by atoms with Crippen molar-refractivity contribution in [3.8, 4) is 0 Å². The van der Waals surface area contributed by atoms with Crippen LogP contribution in [0.5, 0.6) is 0 Å². The maximum atomic E-state index is 12.8. The molecule has 1 aliphatic rings. The standard InChI is InChI=1S/C19H21ClN4O4/c1-19(2,3)28-18(26)24-10-11-7-5-6-8-12(11)16(24)21-13-9-14(20)22-23-15(13)17(25)27-4/h5-9,16H,10H2,1-4H3,(H,21,22). The van der Waals surface area contributed by atoms with E-state index >= 15 is 0 Å². The summed E-state index contributed by atoms with van der Waals surface area (Å²) in [7, 11) is 1.25. The molecule has 0 radical (unpaired) electrons. The summed E-state index contributed by atoms with van der Waals surface area (Å²) in [4.78, 5) is 26.4. The van der Waals surface area contributed by atoms with Crippen molar-refractivity contribution < 1.29 is 19.1 Å². The summed E-state index contributed by atoms with van der Waals surface area (Å²) in [5, 5.41) is 10.8. The van der Waals surface area contributed by atoms with Crippen LogP contribution in [0.3, 0.4) is 0 Å². The van der Waals surface area contributed by atoms with Gasteiger partial charge in [0.05, 0.1) is 19.3 Å². The number of nitrogens with one attached hydrogen (secondary N) is 1. The molecule has 1 aromatic heterocycles. The van der Waals surface area contributed by atoms with E-state index in [-0.39, 0.29) is 10.8 Å². The molecule has 9 heteroatoms. The van der Waals surface area contributed by atoms with Crippen LogP contribution < -0.4 is 5.32 Å². The molecule has 0 aliphatic carbocycles. The third-order valence-corrected chi connectivity index (χ3v) is 4.25. The van der Waals surface area contributed by atoms with Gasteiger partial charge in [0.15, 0.2) is 10.8 Å². The van der Waals surface area contributed by atoms with Crippen LogP contribution in [-0.4, -0.2) is 39.9 Å². The minimum Gasteiger partial charge on any atom is -0.464 e. The molecule has 1 unspecified atom stereocenters. The molecule has 0 fully saturated rings. The lowest BCUT2D eigenvalue weighted by atomic mass is 10.1. The van der Waals surface area contributed by atoms with E-state index in [1.807, 2.05) is 24.3 Å². The second-order valence-corrected chi connectivity index (χ2v) is 7.66. The summed E-state index contributed by atoms with van der Waals surface area (Å²) in [6, 6.07) is 9.10. The lowest BCUT2D eigenvalue weighted by Crippen LogP contribution is -2.38. The van der Waals surface area contributed by atoms with Gasteiger partial charge in [0.25, 0.3) is 0 Å². The van der Waals surface area contributed by atoms with Gasteiger partial charge in [-0.15, -0.1) is 10.2 Å². The molecule has 8 nitrogen and oxygen atoms in total. The highest BCUT2D eigenvalue weighted by molar-refractivity contribution is 6.29. The maximum Gasteiger partial charge on any atom is 0.412 e. The molecule has 148 valence electrons. The number of methoxy groups -OCH3 is 1. The largest absolute Gasteiger partial charge is 0.464 e. The minimum absolute atomic E-state index is 0.0274. The number of rotatable bonds is 3. The SMILES string of the molecule is COC(=O)c1nnc(Cl)cc1NC1c2ccccc2CN1C(=O)OC(C)(C)C. The molecule has 0 spiro atoms. The summed E-state index contributed by atoms with van der Waals surface area (Å²) in [5.74, 6) is -0.665. The number of anilines is 1. The number of carbonyl (C=O) groups excluding carboxylic acids is 2. The lowest BCUT2D eigenvalue weighted by Gasteiger charge is -2.30. The first kappa shape index (κ1) is 19.9. The first-order valence-corrected chi connectivity index (χ1v) is 9.03. The molecule has 3 rings (SSSR count). The number of ether oxygens (including phenoxy) is 2. The van der Waals surface area contributed by atoms with Crippen molar-refractivity contribution in [3.05, 3.63) is 52.3 Å². The first-order chi connectivity index (χ1) is 13.2. The fourth-order valence-electron chi connectivity index (χ4n) is 2.91. The van der Waals surface area contributed by atoms with Gasteiger partial charge < -0.3 is 14.8 Å². The average molecular weight is 405 g/mol. The van der Waals surface area contributed by atoms with E-state index in [0.29, 0.717) is 12.2 Å². The second-order valence-electron chi connectivity index (χ2n) is 7.27. The molecule has 1 atom stereocenters. The predicted molar refractivity (Wildman–Crippen MR) is 103 cm³/mol. The molecule has 28 heavy (non-hydrogen) atoms. The molecular formula is C19H21ClN4O4. The van der Waals surface area contributed by atoms with Crippen molar-refractivity contribution in [2.24, 2.45) is 0 Å². The first-order valence-electron chi connectivity index (χ1n) is 8.65. The molecule has 1 aromatic carbocycles. The normalized spacial score (nSPS) is 15.8. The van der Waals surface area contributed by atoms with Crippen LogP contribution in [0.2, 0.25) is 5.15 Å². The number of nitrogens with zero attached hydrogens (tertiary/aromatic N) is 3. The van der Waals surface area contributed by atoms with Gasteiger partial charge in [-0.2, -0.15) is 0 Å². The molecule has 0 saturated heterocycles. The van der Waals surface area contributed by atoms with Gasteiger partial charge in [0.2, 0.25) is 0 Å². The van der Waals surface area contributed by atoms with E-state index in [4.69, 9.17) is 21.1 Å². The van der Waals surface area contributed by atoms with Gasteiger partial charge >= 0.3 is 12.1 Å². The number of amides is 1. The van der Waals surface area contributed by atoms with E-state index in [2.05, 4.69) is 15.5 Å². The number of hydrogen-bond donors (Lipinski definition) is 1. The summed E-state index contributed by atoms with van der Waals surface area (Å²) in [5.41, 5.74) is 1.49. The van der Waals surface area contributed by atoms with Gasteiger partial charge in [-0.25, -0.2) is 9.59 Å². The number of benzene rings is 1. The van der Waals surface area contributed by atoms with Crippen molar-refractivity contribution in [3.63, 3.8) is 0 Å². The zero-order chi connectivity index (χ0) is 20.5. The Bertz CT molecular complexity index is 913. The molecule has 1 aliphatic heterocycles. The smallest absolute Gasteiger partial charge is 0.412 e. The molecular weight excluding hydrogens is 384 g/mol. The monoisotopic (exact) mass is 404 g/mol. The van der Waals surface area contributed by atoms with Gasteiger partial charge in [-0.1, -0.05) is 35.9 Å². The molecule has 1 N–H and O–H groups in total. The fourth-order valence-corrected chi connectivity index (χ4v) is 3.05. The van der Waals surface area contributed by atoms with Gasteiger partial charge in [0, 0.05) is 6.07 Å². The van der Waals surface area contributed by atoms with E-state index in [0.717, 1.165) is 11.1 Å². The highest BCUT2D eigenvalue weighted by Gasteiger charge is 2.36. The van der Waals surface area contributed by atoms with Crippen molar-refractivity contribution >= 4 is 29.4 Å². The number of carbonyl (C=O) groups is 2. The van der Waals surface area contributed by atoms with Crippen LogP contribution in [0.15, 0.2) is 30.3 Å². The number of halogens is 1. The van der Waals surface area contributed by atoms with Crippen molar-refractivity contribution in [2.75, 3.05) is 12.4 Å². The lowest BCUT2D eigenvalue weighted by molar-refractivity contribution is 0.0194. The van der Waals surface area contributed by atoms with Gasteiger partial charge in [-0.05, 0) is 31.9 Å². The number of fused-ring (bicyclic) bond motifs is 1. The summed E-state index contributed by atoms with van der Waals surface area (Å²) >= 11 is 5.97. The third kappa shape index (κ3) is 4.17. The third-order valence-electron chi connectivity index (χ3n) is 4.07. The number of esters is 1. The summed E-state index contributed by atoms with van der Waals surface area (Å²) < 4.78 is 10.3. The highest BCUT2D eigenvalue weighted by atomic mass is 35.5. The van der Waals surface area contributed by atoms with E-state index in [1.165, 1.54) is 13.2 Å². The van der Waals surface area contributed by atoms with Crippen LogP contribution in [0.4, 0.5) is 10.5 Å². The molecule has 1 amide bonds. The Hall–Kier alpha value is -2.87. The Balaban J connectivity index is 1.98. The zero-order valence-corrected chi connectivity index (χ0v) is 16.8. The zero-order valence-electron chi connectivity index (χ0n) is 16.0. The number of hydrogen-bond acceptors (Lipinski definition) is 7. The van der Waals surface area contributed by atoms with Gasteiger partial charge in [0.1, 0.15) is 11.8 Å². The molecule has 0 bridgehead atoms. The van der Waals surface area contributed by atoms with Crippen molar-refractivity contribution in [1.82, 2.24) is 15.1 Å². The summed E-state index contributed by atoms with van der Waals surface area (Å²) in [6.45, 7) is 5.78. The Morgan fingerprint density at radius 2 is 1.96 bits per heavy atom. The van der Waals surface area contributed by atoms with Crippen LogP contribution in [0, 0.1) is 0 Å². The Morgan fingerprint density at radius 1 is 1.25 bits per heavy atom. The van der Waals surface area contributed by atoms with Crippen molar-refractivity contribution in [2.45, 2.75) is 39.1 Å². The number of aromatic nitrogens is 2. The van der Waals surface area contributed by atoms with E-state index in [1.54, 1.807) is 25.7 Å². The topological polar surface area (TPSA) is 93.6 Å². The highest BCUT2D eigenvalue weighted by Crippen LogP contribution is 2.36. The van der Waals surface area contributed by atoms with Crippen molar-refractivity contribution in [1.29, 1.82) is 0 Å². The second kappa shape index (κ2) is 7.63. The Morgan fingerprint density at radius 3 is 2.64 bits per heavy atom.